The highest BCUT2D eigenvalue weighted by Crippen LogP contribution is 2.31. The molecule has 0 saturated heterocycles. The molecule has 28 heavy (non-hydrogen) atoms. The molecule has 1 atom stereocenters. The zero-order valence-corrected chi connectivity index (χ0v) is 16.3. The lowest BCUT2D eigenvalue weighted by atomic mass is 10.1. The number of nitrogens with zero attached hydrogens (tertiary/aromatic N) is 1. The normalized spacial score (nSPS) is 11.7. The number of carbonyl (C=O) groups is 1. The molecule has 0 aliphatic heterocycles. The Morgan fingerprint density at radius 1 is 1.07 bits per heavy atom. The number of ether oxygens (including phenoxy) is 3. The Balaban J connectivity index is 1.79. The highest BCUT2D eigenvalue weighted by Gasteiger charge is 2.18. The molecule has 1 amide bonds. The van der Waals surface area contributed by atoms with Gasteiger partial charge in [-0.3, -0.25) is 9.78 Å². The van der Waals surface area contributed by atoms with Gasteiger partial charge in [0, 0.05) is 11.6 Å². The minimum Gasteiger partial charge on any atom is -0.493 e. The second kappa shape index (κ2) is 9.08. The van der Waals surface area contributed by atoms with Crippen LogP contribution in [0.1, 0.15) is 20.3 Å². The lowest BCUT2D eigenvalue weighted by molar-refractivity contribution is -0.122. The quantitative estimate of drug-likeness (QED) is 0.626. The Kier molecular flexibility index (Phi) is 6.32. The molecule has 0 aliphatic carbocycles. The van der Waals surface area contributed by atoms with Crippen LogP contribution in [0, 0.1) is 0 Å². The van der Waals surface area contributed by atoms with Gasteiger partial charge in [0.05, 0.1) is 19.4 Å². The molecular weight excluding hydrogens is 356 g/mol. The molecule has 0 spiro atoms. The molecule has 0 fully saturated rings. The molecule has 6 nitrogen and oxygen atoms in total. The largest absolute Gasteiger partial charge is 0.493 e. The molecule has 1 aromatic heterocycles. The van der Waals surface area contributed by atoms with E-state index in [-0.39, 0.29) is 5.91 Å². The molecule has 1 N–H and O–H groups in total. The number of carbonyl (C=O) groups excluding carboxylic acids is 1. The minimum atomic E-state index is -0.709. The van der Waals surface area contributed by atoms with E-state index in [0.717, 1.165) is 11.8 Å². The van der Waals surface area contributed by atoms with E-state index in [1.54, 1.807) is 32.4 Å². The van der Waals surface area contributed by atoms with E-state index in [1.807, 2.05) is 43.3 Å². The number of nitrogens with one attached hydrogen (secondary N) is 1. The first-order chi connectivity index (χ1) is 13.6. The van der Waals surface area contributed by atoms with Gasteiger partial charge in [-0.1, -0.05) is 19.1 Å². The molecule has 0 saturated carbocycles. The van der Waals surface area contributed by atoms with Gasteiger partial charge in [0.25, 0.3) is 5.91 Å². The molecule has 2 aromatic carbocycles. The maximum Gasteiger partial charge on any atom is 0.265 e. The number of methoxy groups -OCH3 is 1. The average Bonchev–Trinajstić information content (AvgIpc) is 2.73. The van der Waals surface area contributed by atoms with Gasteiger partial charge in [0.1, 0.15) is 11.3 Å². The van der Waals surface area contributed by atoms with Gasteiger partial charge in [0.2, 0.25) is 0 Å². The van der Waals surface area contributed by atoms with Crippen LogP contribution >= 0.6 is 0 Å². The Labute approximate surface area is 164 Å². The summed E-state index contributed by atoms with van der Waals surface area (Å²) in [7, 11) is 1.56. The van der Waals surface area contributed by atoms with Crippen LogP contribution in [0.25, 0.3) is 10.9 Å². The van der Waals surface area contributed by atoms with Gasteiger partial charge in [0.15, 0.2) is 17.6 Å². The summed E-state index contributed by atoms with van der Waals surface area (Å²) >= 11 is 0. The monoisotopic (exact) mass is 380 g/mol. The van der Waals surface area contributed by atoms with Crippen LogP contribution in [0.5, 0.6) is 17.2 Å². The third-order valence-corrected chi connectivity index (χ3v) is 4.19. The predicted octanol–water partition coefficient (Wildman–Crippen LogP) is 4.44. The van der Waals surface area contributed by atoms with Gasteiger partial charge < -0.3 is 19.5 Å². The van der Waals surface area contributed by atoms with Crippen molar-refractivity contribution in [3.63, 3.8) is 0 Å². The summed E-state index contributed by atoms with van der Waals surface area (Å²) in [6.45, 7) is 4.36. The maximum absolute atomic E-state index is 12.7. The van der Waals surface area contributed by atoms with Crippen LogP contribution in [0.2, 0.25) is 0 Å². The lowest BCUT2D eigenvalue weighted by Gasteiger charge is -2.17. The zero-order valence-electron chi connectivity index (χ0n) is 16.3. The third kappa shape index (κ3) is 4.34. The Morgan fingerprint density at radius 2 is 1.86 bits per heavy atom. The SMILES string of the molecule is CCCOc1ccc(NC(=O)[C@H](C)Oc2ccccc2OC)c2cccnc12. The highest BCUT2D eigenvalue weighted by molar-refractivity contribution is 6.04. The number of benzene rings is 2. The van der Waals surface area contributed by atoms with E-state index in [9.17, 15) is 4.79 Å². The van der Waals surface area contributed by atoms with Crippen molar-refractivity contribution in [2.45, 2.75) is 26.4 Å². The van der Waals surface area contributed by atoms with Crippen LogP contribution in [0.3, 0.4) is 0 Å². The second-order valence-electron chi connectivity index (χ2n) is 6.26. The molecule has 3 aromatic rings. The van der Waals surface area contributed by atoms with Crippen molar-refractivity contribution >= 4 is 22.5 Å². The summed E-state index contributed by atoms with van der Waals surface area (Å²) in [5.74, 6) is 1.53. The molecule has 3 rings (SSSR count). The molecule has 146 valence electrons. The van der Waals surface area contributed by atoms with Crippen molar-refractivity contribution in [3.8, 4) is 17.2 Å². The van der Waals surface area contributed by atoms with Crippen molar-refractivity contribution in [1.82, 2.24) is 4.98 Å². The van der Waals surface area contributed by atoms with Crippen LogP contribution in [0.15, 0.2) is 54.7 Å². The summed E-state index contributed by atoms with van der Waals surface area (Å²) in [6.07, 6.45) is 1.91. The molecule has 6 heteroatoms. The molecule has 1 heterocycles. The van der Waals surface area contributed by atoms with Crippen LogP contribution in [0.4, 0.5) is 5.69 Å². The zero-order chi connectivity index (χ0) is 19.9. The third-order valence-electron chi connectivity index (χ3n) is 4.19. The topological polar surface area (TPSA) is 69.7 Å². The number of fused-ring (bicyclic) bond motifs is 1. The number of hydrogen-bond donors (Lipinski definition) is 1. The van der Waals surface area contributed by atoms with Crippen LogP contribution < -0.4 is 19.5 Å². The van der Waals surface area contributed by atoms with Gasteiger partial charge in [-0.05, 0) is 49.7 Å². The Morgan fingerprint density at radius 3 is 2.61 bits per heavy atom. The molecule has 0 bridgehead atoms. The fraction of sp³-hybridized carbons (Fsp3) is 0.273. The Hall–Kier alpha value is -3.28. The van der Waals surface area contributed by atoms with E-state index in [2.05, 4.69) is 10.3 Å². The van der Waals surface area contributed by atoms with E-state index >= 15 is 0 Å². The molecule has 0 aliphatic rings. The number of hydrogen-bond acceptors (Lipinski definition) is 5. The van der Waals surface area contributed by atoms with Gasteiger partial charge in [-0.25, -0.2) is 0 Å². The fourth-order valence-electron chi connectivity index (χ4n) is 2.78. The first-order valence-electron chi connectivity index (χ1n) is 9.25. The van der Waals surface area contributed by atoms with Crippen molar-refractivity contribution in [2.75, 3.05) is 19.0 Å². The number of pyridine rings is 1. The predicted molar refractivity (Wildman–Crippen MR) is 109 cm³/mol. The molecule has 0 radical (unpaired) electrons. The highest BCUT2D eigenvalue weighted by atomic mass is 16.5. The second-order valence-corrected chi connectivity index (χ2v) is 6.26. The van der Waals surface area contributed by atoms with Crippen LogP contribution in [-0.2, 0) is 4.79 Å². The average molecular weight is 380 g/mol. The van der Waals surface area contributed by atoms with Gasteiger partial charge >= 0.3 is 0 Å². The van der Waals surface area contributed by atoms with Crippen molar-refractivity contribution in [3.05, 3.63) is 54.7 Å². The number of amides is 1. The number of anilines is 1. The van der Waals surface area contributed by atoms with E-state index in [4.69, 9.17) is 14.2 Å². The van der Waals surface area contributed by atoms with Crippen molar-refractivity contribution < 1.29 is 19.0 Å². The van der Waals surface area contributed by atoms with Crippen molar-refractivity contribution in [1.29, 1.82) is 0 Å². The first-order valence-corrected chi connectivity index (χ1v) is 9.25. The minimum absolute atomic E-state index is 0.265. The maximum atomic E-state index is 12.7. The van der Waals surface area contributed by atoms with Crippen LogP contribution in [-0.4, -0.2) is 30.7 Å². The fourth-order valence-corrected chi connectivity index (χ4v) is 2.78. The van der Waals surface area contributed by atoms with E-state index in [1.165, 1.54) is 0 Å². The number of para-hydroxylation sites is 2. The molecular formula is C22H24N2O4. The smallest absolute Gasteiger partial charge is 0.265 e. The summed E-state index contributed by atoms with van der Waals surface area (Å²) in [6, 6.07) is 14.6. The standard InChI is InChI=1S/C22H24N2O4/c1-4-14-27-20-12-11-17(16-8-7-13-23-21(16)20)24-22(25)15(2)28-19-10-6-5-9-18(19)26-3/h5-13,15H,4,14H2,1-3H3,(H,24,25)/t15-/m0/s1. The summed E-state index contributed by atoms with van der Waals surface area (Å²) < 4.78 is 16.8. The lowest BCUT2D eigenvalue weighted by Crippen LogP contribution is -2.30. The number of aromatic nitrogens is 1. The van der Waals surface area contributed by atoms with E-state index < -0.39 is 6.10 Å². The Bertz CT molecular complexity index is 958. The molecule has 0 unspecified atom stereocenters. The number of rotatable bonds is 8. The summed E-state index contributed by atoms with van der Waals surface area (Å²) in [4.78, 5) is 17.1. The van der Waals surface area contributed by atoms with Crippen molar-refractivity contribution in [2.24, 2.45) is 0 Å². The van der Waals surface area contributed by atoms with Gasteiger partial charge in [-0.15, -0.1) is 0 Å². The summed E-state index contributed by atoms with van der Waals surface area (Å²) in [5, 5.41) is 3.74. The first kappa shape index (κ1) is 19.5. The summed E-state index contributed by atoms with van der Waals surface area (Å²) in [5.41, 5.74) is 1.37. The van der Waals surface area contributed by atoms with Gasteiger partial charge in [-0.2, -0.15) is 0 Å². The van der Waals surface area contributed by atoms with E-state index in [0.29, 0.717) is 35.1 Å².